The first-order valence-corrected chi connectivity index (χ1v) is 5.97. The molecule has 18 heavy (non-hydrogen) atoms. The lowest BCUT2D eigenvalue weighted by Crippen LogP contribution is -2.24. The number of carbonyl (C=O) groups excluding carboxylic acids is 1. The van der Waals surface area contributed by atoms with Crippen molar-refractivity contribution in [1.29, 1.82) is 0 Å². The minimum Gasteiger partial charge on any atom is -0.497 e. The molecule has 1 heterocycles. The van der Waals surface area contributed by atoms with E-state index in [9.17, 15) is 4.79 Å². The fourth-order valence-electron chi connectivity index (χ4n) is 1.96. The van der Waals surface area contributed by atoms with Gasteiger partial charge in [-0.25, -0.2) is 4.79 Å². The quantitative estimate of drug-likeness (QED) is 0.866. The molecule has 1 N–H and O–H groups in total. The lowest BCUT2D eigenvalue weighted by Gasteiger charge is -2.13. The Morgan fingerprint density at radius 3 is 2.78 bits per heavy atom. The minimum atomic E-state index is -0.330. The van der Waals surface area contributed by atoms with Crippen LogP contribution in [-0.4, -0.2) is 37.6 Å². The van der Waals surface area contributed by atoms with Crippen molar-refractivity contribution in [2.45, 2.75) is 18.9 Å². The van der Waals surface area contributed by atoms with Crippen molar-refractivity contribution in [1.82, 2.24) is 0 Å². The number of aliphatic hydroxyl groups excluding tert-OH is 1. The third kappa shape index (κ3) is 2.73. The average Bonchev–Trinajstić information content (AvgIpc) is 2.78. The molecule has 0 aromatic heterocycles. The number of carbonyl (C=O) groups is 1. The molecular formula is C13H17NO4. The van der Waals surface area contributed by atoms with Crippen LogP contribution in [0.4, 0.5) is 10.5 Å². The molecule has 1 unspecified atom stereocenters. The summed E-state index contributed by atoms with van der Waals surface area (Å²) in [4.78, 5) is 13.3. The first-order valence-electron chi connectivity index (χ1n) is 5.97. The number of amides is 1. The van der Waals surface area contributed by atoms with Crippen molar-refractivity contribution in [3.8, 4) is 5.75 Å². The molecule has 1 fully saturated rings. The number of ether oxygens (including phenoxy) is 2. The number of nitrogens with zero attached hydrogens (tertiary/aromatic N) is 1. The second kappa shape index (κ2) is 5.73. The predicted octanol–water partition coefficient (Wildman–Crippen LogP) is 1.79. The fourth-order valence-corrected chi connectivity index (χ4v) is 1.96. The first kappa shape index (κ1) is 12.7. The molecule has 1 saturated heterocycles. The Morgan fingerprint density at radius 1 is 1.44 bits per heavy atom. The number of hydrogen-bond donors (Lipinski definition) is 1. The van der Waals surface area contributed by atoms with Crippen LogP contribution in [0.25, 0.3) is 0 Å². The second-order valence-electron chi connectivity index (χ2n) is 4.18. The smallest absolute Gasteiger partial charge is 0.414 e. The van der Waals surface area contributed by atoms with Gasteiger partial charge in [0.15, 0.2) is 0 Å². The maximum atomic E-state index is 11.7. The van der Waals surface area contributed by atoms with Gasteiger partial charge in [0.1, 0.15) is 11.9 Å². The third-order valence-electron chi connectivity index (χ3n) is 2.94. The van der Waals surface area contributed by atoms with Crippen molar-refractivity contribution < 1.29 is 19.4 Å². The Morgan fingerprint density at radius 2 is 2.17 bits per heavy atom. The summed E-state index contributed by atoms with van der Waals surface area (Å²) in [5, 5.41) is 8.77. The number of benzene rings is 1. The lowest BCUT2D eigenvalue weighted by atomic mass is 10.2. The highest BCUT2D eigenvalue weighted by atomic mass is 16.6. The molecule has 1 aliphatic rings. The van der Waals surface area contributed by atoms with E-state index in [4.69, 9.17) is 14.6 Å². The van der Waals surface area contributed by atoms with E-state index in [-0.39, 0.29) is 18.8 Å². The molecule has 98 valence electrons. The van der Waals surface area contributed by atoms with E-state index in [0.717, 1.165) is 11.4 Å². The van der Waals surface area contributed by atoms with Gasteiger partial charge in [0, 0.05) is 12.3 Å². The van der Waals surface area contributed by atoms with Crippen LogP contribution < -0.4 is 9.64 Å². The van der Waals surface area contributed by atoms with Crippen LogP contribution in [0, 0.1) is 0 Å². The van der Waals surface area contributed by atoms with E-state index in [2.05, 4.69) is 0 Å². The highest BCUT2D eigenvalue weighted by Crippen LogP contribution is 2.25. The normalized spacial score (nSPS) is 18.9. The topological polar surface area (TPSA) is 59.0 Å². The summed E-state index contributed by atoms with van der Waals surface area (Å²) in [7, 11) is 1.60. The van der Waals surface area contributed by atoms with Crippen molar-refractivity contribution in [2.24, 2.45) is 0 Å². The van der Waals surface area contributed by atoms with E-state index in [1.807, 2.05) is 24.3 Å². The molecule has 1 aromatic carbocycles. The van der Waals surface area contributed by atoms with Gasteiger partial charge < -0.3 is 14.6 Å². The molecule has 0 aliphatic carbocycles. The molecule has 0 bridgehead atoms. The Hall–Kier alpha value is -1.75. The zero-order chi connectivity index (χ0) is 13.0. The Kier molecular flexibility index (Phi) is 4.04. The van der Waals surface area contributed by atoms with Gasteiger partial charge in [-0.3, -0.25) is 4.90 Å². The van der Waals surface area contributed by atoms with Crippen LogP contribution in [-0.2, 0) is 4.74 Å². The van der Waals surface area contributed by atoms with E-state index >= 15 is 0 Å². The monoisotopic (exact) mass is 251 g/mol. The van der Waals surface area contributed by atoms with E-state index in [1.165, 1.54) is 0 Å². The number of rotatable bonds is 5. The summed E-state index contributed by atoms with van der Waals surface area (Å²) in [6.07, 6.45) is 0.874. The van der Waals surface area contributed by atoms with Gasteiger partial charge in [0.2, 0.25) is 0 Å². The zero-order valence-electron chi connectivity index (χ0n) is 10.3. The summed E-state index contributed by atoms with van der Waals surface area (Å²) >= 11 is 0. The Labute approximate surface area is 106 Å². The predicted molar refractivity (Wildman–Crippen MR) is 66.9 cm³/mol. The number of aliphatic hydroxyl groups is 1. The number of hydrogen-bond acceptors (Lipinski definition) is 4. The zero-order valence-corrected chi connectivity index (χ0v) is 10.3. The summed E-state index contributed by atoms with van der Waals surface area (Å²) in [6, 6.07) is 7.27. The molecular weight excluding hydrogens is 234 g/mol. The molecule has 0 spiro atoms. The standard InChI is InChI=1S/C13H17NO4/c1-17-11-6-4-10(5-7-11)14-9-12(3-2-8-15)18-13(14)16/h4-7,12,15H,2-3,8-9H2,1H3. The average molecular weight is 251 g/mol. The van der Waals surface area contributed by atoms with Gasteiger partial charge in [-0.05, 0) is 37.1 Å². The SMILES string of the molecule is COc1ccc(N2CC(CCCO)OC2=O)cc1. The van der Waals surface area contributed by atoms with Crippen LogP contribution in [0.3, 0.4) is 0 Å². The van der Waals surface area contributed by atoms with Gasteiger partial charge in [-0.1, -0.05) is 0 Å². The molecule has 5 heteroatoms. The number of cyclic esters (lactones) is 1. The van der Waals surface area contributed by atoms with E-state index < -0.39 is 0 Å². The van der Waals surface area contributed by atoms with Crippen molar-refractivity contribution in [3.05, 3.63) is 24.3 Å². The Bertz CT molecular complexity index is 404. The highest BCUT2D eigenvalue weighted by Gasteiger charge is 2.31. The summed E-state index contributed by atoms with van der Waals surface area (Å²) in [5.74, 6) is 0.753. The molecule has 0 radical (unpaired) electrons. The van der Waals surface area contributed by atoms with Crippen molar-refractivity contribution in [3.63, 3.8) is 0 Å². The molecule has 1 atom stereocenters. The Balaban J connectivity index is 2.02. The maximum absolute atomic E-state index is 11.7. The van der Waals surface area contributed by atoms with E-state index in [1.54, 1.807) is 12.0 Å². The van der Waals surface area contributed by atoms with E-state index in [0.29, 0.717) is 19.4 Å². The highest BCUT2D eigenvalue weighted by molar-refractivity contribution is 5.89. The second-order valence-corrected chi connectivity index (χ2v) is 4.18. The van der Waals surface area contributed by atoms with Gasteiger partial charge in [-0.15, -0.1) is 0 Å². The van der Waals surface area contributed by atoms with Crippen LogP contribution in [0.2, 0.25) is 0 Å². The third-order valence-corrected chi connectivity index (χ3v) is 2.94. The number of anilines is 1. The van der Waals surface area contributed by atoms with Crippen LogP contribution in [0.1, 0.15) is 12.8 Å². The molecule has 1 aliphatic heterocycles. The van der Waals surface area contributed by atoms with Gasteiger partial charge >= 0.3 is 6.09 Å². The molecule has 1 amide bonds. The maximum Gasteiger partial charge on any atom is 0.414 e. The van der Waals surface area contributed by atoms with Crippen molar-refractivity contribution >= 4 is 11.8 Å². The lowest BCUT2D eigenvalue weighted by molar-refractivity contribution is 0.130. The molecule has 1 aromatic rings. The van der Waals surface area contributed by atoms with Crippen molar-refractivity contribution in [2.75, 3.05) is 25.2 Å². The van der Waals surface area contributed by atoms with Crippen LogP contribution in [0.5, 0.6) is 5.75 Å². The summed E-state index contributed by atoms with van der Waals surface area (Å²) in [5.41, 5.74) is 0.798. The summed E-state index contributed by atoms with van der Waals surface area (Å²) in [6.45, 7) is 0.655. The fraction of sp³-hybridized carbons (Fsp3) is 0.462. The first-order chi connectivity index (χ1) is 8.74. The minimum absolute atomic E-state index is 0.122. The number of methoxy groups -OCH3 is 1. The molecule has 5 nitrogen and oxygen atoms in total. The van der Waals surface area contributed by atoms with Gasteiger partial charge in [-0.2, -0.15) is 0 Å². The molecule has 0 saturated carbocycles. The largest absolute Gasteiger partial charge is 0.497 e. The summed E-state index contributed by atoms with van der Waals surface area (Å²) < 4.78 is 10.3. The van der Waals surface area contributed by atoms with Gasteiger partial charge in [0.25, 0.3) is 0 Å². The van der Waals surface area contributed by atoms with Crippen LogP contribution in [0.15, 0.2) is 24.3 Å². The van der Waals surface area contributed by atoms with Gasteiger partial charge in [0.05, 0.1) is 13.7 Å². The molecule has 2 rings (SSSR count). The van der Waals surface area contributed by atoms with Crippen LogP contribution >= 0.6 is 0 Å².